The van der Waals surface area contributed by atoms with Crippen molar-refractivity contribution in [3.8, 4) is 0 Å². The number of morpholine rings is 1. The first-order valence-electron chi connectivity index (χ1n) is 5.48. The van der Waals surface area contributed by atoms with Crippen LogP contribution in [0.3, 0.4) is 0 Å². The molecule has 1 saturated heterocycles. The van der Waals surface area contributed by atoms with Gasteiger partial charge in [0.1, 0.15) is 0 Å². The molecule has 0 saturated carbocycles. The summed E-state index contributed by atoms with van der Waals surface area (Å²) in [4.78, 5) is 3.69. The highest BCUT2D eigenvalue weighted by atomic mass is 79.9. The SMILES string of the molecule is CN(Cc1sccc1Br)CC1CNCCO1. The molecule has 0 radical (unpaired) electrons. The van der Waals surface area contributed by atoms with E-state index in [2.05, 4.69) is 44.6 Å². The van der Waals surface area contributed by atoms with E-state index in [1.165, 1.54) is 9.35 Å². The summed E-state index contributed by atoms with van der Waals surface area (Å²) in [6, 6.07) is 2.10. The maximum Gasteiger partial charge on any atom is 0.0826 e. The molecule has 1 unspecified atom stereocenters. The molecular weight excluding hydrogens is 288 g/mol. The molecule has 1 aromatic rings. The number of thiophene rings is 1. The van der Waals surface area contributed by atoms with Gasteiger partial charge in [-0.15, -0.1) is 11.3 Å². The van der Waals surface area contributed by atoms with Gasteiger partial charge in [-0.25, -0.2) is 0 Å². The monoisotopic (exact) mass is 304 g/mol. The van der Waals surface area contributed by atoms with Gasteiger partial charge >= 0.3 is 0 Å². The normalized spacial score (nSPS) is 21.6. The van der Waals surface area contributed by atoms with Crippen LogP contribution in [0.25, 0.3) is 0 Å². The van der Waals surface area contributed by atoms with Crippen LogP contribution in [0.2, 0.25) is 0 Å². The Morgan fingerprint density at radius 1 is 1.69 bits per heavy atom. The topological polar surface area (TPSA) is 24.5 Å². The lowest BCUT2D eigenvalue weighted by Gasteiger charge is -2.27. The summed E-state index contributed by atoms with van der Waals surface area (Å²) in [7, 11) is 2.14. The lowest BCUT2D eigenvalue weighted by Crippen LogP contribution is -2.44. The maximum absolute atomic E-state index is 5.69. The second kappa shape index (κ2) is 6.12. The number of nitrogens with one attached hydrogen (secondary N) is 1. The van der Waals surface area contributed by atoms with Crippen molar-refractivity contribution in [1.82, 2.24) is 10.2 Å². The molecule has 0 aromatic carbocycles. The van der Waals surface area contributed by atoms with Crippen molar-refractivity contribution >= 4 is 27.3 Å². The van der Waals surface area contributed by atoms with E-state index in [0.29, 0.717) is 6.10 Å². The average molecular weight is 305 g/mol. The van der Waals surface area contributed by atoms with Crippen molar-refractivity contribution in [1.29, 1.82) is 0 Å². The lowest BCUT2D eigenvalue weighted by atomic mass is 10.3. The fourth-order valence-electron chi connectivity index (χ4n) is 1.83. The minimum Gasteiger partial charge on any atom is -0.374 e. The highest BCUT2D eigenvalue weighted by Gasteiger charge is 2.16. The van der Waals surface area contributed by atoms with Gasteiger partial charge in [-0.05, 0) is 34.4 Å². The smallest absolute Gasteiger partial charge is 0.0826 e. The van der Waals surface area contributed by atoms with Crippen LogP contribution in [0.4, 0.5) is 0 Å². The van der Waals surface area contributed by atoms with Gasteiger partial charge in [-0.1, -0.05) is 0 Å². The van der Waals surface area contributed by atoms with Crippen LogP contribution in [0.5, 0.6) is 0 Å². The number of likely N-dealkylation sites (N-methyl/N-ethyl adjacent to an activating group) is 1. The fourth-order valence-corrected chi connectivity index (χ4v) is 3.39. The van der Waals surface area contributed by atoms with Gasteiger partial charge in [0, 0.05) is 35.5 Å². The molecule has 1 N–H and O–H groups in total. The van der Waals surface area contributed by atoms with Crippen molar-refractivity contribution in [3.05, 3.63) is 20.8 Å². The van der Waals surface area contributed by atoms with E-state index in [9.17, 15) is 0 Å². The summed E-state index contributed by atoms with van der Waals surface area (Å²) in [5.41, 5.74) is 0. The van der Waals surface area contributed by atoms with Crippen LogP contribution in [-0.2, 0) is 11.3 Å². The molecule has 0 spiro atoms. The molecule has 0 amide bonds. The van der Waals surface area contributed by atoms with Crippen molar-refractivity contribution in [3.63, 3.8) is 0 Å². The average Bonchev–Trinajstić information content (AvgIpc) is 2.66. The van der Waals surface area contributed by atoms with Crippen LogP contribution < -0.4 is 5.32 Å². The molecule has 90 valence electrons. The van der Waals surface area contributed by atoms with Crippen molar-refractivity contribution in [2.24, 2.45) is 0 Å². The Morgan fingerprint density at radius 2 is 2.56 bits per heavy atom. The van der Waals surface area contributed by atoms with Gasteiger partial charge in [-0.3, -0.25) is 4.90 Å². The summed E-state index contributed by atoms with van der Waals surface area (Å²) in [6.07, 6.45) is 0.331. The quantitative estimate of drug-likeness (QED) is 0.920. The zero-order chi connectivity index (χ0) is 11.4. The third kappa shape index (κ3) is 3.53. The molecule has 1 aliphatic rings. The Balaban J connectivity index is 1.79. The van der Waals surface area contributed by atoms with Crippen molar-refractivity contribution in [2.75, 3.05) is 33.3 Å². The van der Waals surface area contributed by atoms with E-state index in [4.69, 9.17) is 4.74 Å². The summed E-state index contributed by atoms with van der Waals surface area (Å²) in [6.45, 7) is 4.75. The summed E-state index contributed by atoms with van der Waals surface area (Å²) < 4.78 is 6.90. The lowest BCUT2D eigenvalue weighted by molar-refractivity contribution is 0.00896. The van der Waals surface area contributed by atoms with E-state index in [1.807, 2.05) is 0 Å². The second-order valence-corrected chi connectivity index (χ2v) is 5.94. The number of hydrogen-bond acceptors (Lipinski definition) is 4. The number of ether oxygens (including phenoxy) is 1. The Labute approximate surface area is 109 Å². The highest BCUT2D eigenvalue weighted by Crippen LogP contribution is 2.23. The number of halogens is 1. The Bertz CT molecular complexity index is 326. The van der Waals surface area contributed by atoms with Crippen LogP contribution in [-0.4, -0.2) is 44.3 Å². The van der Waals surface area contributed by atoms with Crippen molar-refractivity contribution < 1.29 is 4.74 Å². The number of rotatable bonds is 4. The van der Waals surface area contributed by atoms with E-state index in [0.717, 1.165) is 32.8 Å². The maximum atomic E-state index is 5.69. The Kier molecular flexibility index (Phi) is 4.79. The standard InChI is InChI=1S/C11H17BrN2OS/c1-14(7-9-6-13-3-4-15-9)8-11-10(12)2-5-16-11/h2,5,9,13H,3-4,6-8H2,1H3. The molecular formula is C11H17BrN2OS. The van der Waals surface area contributed by atoms with E-state index >= 15 is 0 Å². The first-order valence-corrected chi connectivity index (χ1v) is 7.15. The first-order chi connectivity index (χ1) is 7.75. The van der Waals surface area contributed by atoms with Crippen LogP contribution >= 0.6 is 27.3 Å². The highest BCUT2D eigenvalue weighted by molar-refractivity contribution is 9.10. The molecule has 3 nitrogen and oxygen atoms in total. The zero-order valence-corrected chi connectivity index (χ0v) is 11.8. The third-order valence-corrected chi connectivity index (χ3v) is 4.54. The van der Waals surface area contributed by atoms with Crippen molar-refractivity contribution in [2.45, 2.75) is 12.6 Å². The third-order valence-electron chi connectivity index (χ3n) is 2.62. The first kappa shape index (κ1) is 12.5. The van der Waals surface area contributed by atoms with Gasteiger partial charge in [0.05, 0.1) is 12.7 Å². The Hall–Kier alpha value is 0.0600. The number of hydrogen-bond donors (Lipinski definition) is 1. The predicted molar refractivity (Wildman–Crippen MR) is 71.0 cm³/mol. The Morgan fingerprint density at radius 3 is 3.19 bits per heavy atom. The molecule has 1 fully saturated rings. The fraction of sp³-hybridized carbons (Fsp3) is 0.636. The van der Waals surface area contributed by atoms with Gasteiger partial charge in [0.15, 0.2) is 0 Å². The van der Waals surface area contributed by atoms with E-state index < -0.39 is 0 Å². The summed E-state index contributed by atoms with van der Waals surface area (Å²) >= 11 is 5.36. The molecule has 1 atom stereocenters. The zero-order valence-electron chi connectivity index (χ0n) is 9.41. The van der Waals surface area contributed by atoms with Gasteiger partial charge in [0.25, 0.3) is 0 Å². The molecule has 1 aliphatic heterocycles. The number of nitrogens with zero attached hydrogens (tertiary/aromatic N) is 1. The second-order valence-electron chi connectivity index (χ2n) is 4.09. The molecule has 1 aromatic heterocycles. The predicted octanol–water partition coefficient (Wildman–Crippen LogP) is 1.93. The molecule has 2 heterocycles. The minimum absolute atomic E-state index is 0.331. The van der Waals surface area contributed by atoms with Gasteiger partial charge in [0.2, 0.25) is 0 Å². The molecule has 5 heteroatoms. The van der Waals surface area contributed by atoms with Crippen LogP contribution in [0.15, 0.2) is 15.9 Å². The van der Waals surface area contributed by atoms with Crippen LogP contribution in [0.1, 0.15) is 4.88 Å². The van der Waals surface area contributed by atoms with Gasteiger partial charge in [-0.2, -0.15) is 0 Å². The van der Waals surface area contributed by atoms with E-state index in [1.54, 1.807) is 11.3 Å². The molecule has 16 heavy (non-hydrogen) atoms. The molecule has 0 bridgehead atoms. The summed E-state index contributed by atoms with van der Waals surface area (Å²) in [5, 5.41) is 5.47. The summed E-state index contributed by atoms with van der Waals surface area (Å²) in [5.74, 6) is 0. The largest absolute Gasteiger partial charge is 0.374 e. The van der Waals surface area contributed by atoms with Gasteiger partial charge < -0.3 is 10.1 Å². The minimum atomic E-state index is 0.331. The van der Waals surface area contributed by atoms with Crippen LogP contribution in [0, 0.1) is 0 Å². The van der Waals surface area contributed by atoms with E-state index in [-0.39, 0.29) is 0 Å². The molecule has 2 rings (SSSR count). The molecule has 0 aliphatic carbocycles.